The van der Waals surface area contributed by atoms with Crippen LogP contribution in [0, 0.1) is 36.5 Å². The van der Waals surface area contributed by atoms with Crippen LogP contribution >= 0.6 is 0 Å². The zero-order valence-electron chi connectivity index (χ0n) is 20.6. The van der Waals surface area contributed by atoms with Gasteiger partial charge >= 0.3 is 5.97 Å². The Kier molecular flexibility index (Phi) is 5.47. The molecule has 7 nitrogen and oxygen atoms in total. The van der Waals surface area contributed by atoms with Crippen LogP contribution in [0.15, 0.2) is 42.5 Å². The number of carbonyl (C=O) groups is 4. The molecule has 2 aromatic rings. The van der Waals surface area contributed by atoms with Gasteiger partial charge in [-0.05, 0) is 85.9 Å². The van der Waals surface area contributed by atoms with Crippen LogP contribution in [0.4, 0.5) is 11.4 Å². The molecule has 7 heteroatoms. The van der Waals surface area contributed by atoms with Gasteiger partial charge < -0.3 is 9.64 Å². The van der Waals surface area contributed by atoms with Gasteiger partial charge in [0.1, 0.15) is 5.75 Å². The van der Waals surface area contributed by atoms with Gasteiger partial charge in [-0.2, -0.15) is 0 Å². The number of benzene rings is 2. The molecule has 6 rings (SSSR count). The number of hydrogen-bond donors (Lipinski definition) is 0. The van der Waals surface area contributed by atoms with E-state index in [4.69, 9.17) is 4.74 Å². The molecule has 36 heavy (non-hydrogen) atoms. The summed E-state index contributed by atoms with van der Waals surface area (Å²) in [6.45, 7) is 4.17. The summed E-state index contributed by atoms with van der Waals surface area (Å²) in [5.41, 5.74) is 3.24. The zero-order chi connectivity index (χ0) is 25.1. The summed E-state index contributed by atoms with van der Waals surface area (Å²) in [6.07, 6.45) is 4.10. The summed E-state index contributed by atoms with van der Waals surface area (Å²) >= 11 is 0. The Morgan fingerprint density at radius 2 is 1.64 bits per heavy atom. The van der Waals surface area contributed by atoms with Crippen molar-refractivity contribution in [1.82, 2.24) is 0 Å². The first kappa shape index (κ1) is 23.0. The number of fused-ring (bicyclic) bond motifs is 5. The molecule has 2 bridgehead atoms. The van der Waals surface area contributed by atoms with Crippen LogP contribution < -0.4 is 14.5 Å². The highest BCUT2D eigenvalue weighted by Crippen LogP contribution is 2.56. The van der Waals surface area contributed by atoms with Crippen LogP contribution in [-0.4, -0.2) is 30.2 Å². The highest BCUT2D eigenvalue weighted by atomic mass is 16.5. The quantitative estimate of drug-likeness (QED) is 0.362. The molecule has 2 aliphatic carbocycles. The van der Waals surface area contributed by atoms with Gasteiger partial charge in [0.05, 0.1) is 23.4 Å². The average molecular weight is 487 g/mol. The maximum Gasteiger partial charge on any atom is 0.316 e. The van der Waals surface area contributed by atoms with E-state index in [0.717, 1.165) is 31.4 Å². The number of nitrogens with zero attached hydrogens (tertiary/aromatic N) is 2. The minimum absolute atomic E-state index is 0.0819. The average Bonchev–Trinajstić information content (AvgIpc) is 3.64. The monoisotopic (exact) mass is 486 g/mol. The predicted molar refractivity (Wildman–Crippen MR) is 133 cm³/mol. The molecule has 3 amide bonds. The Labute approximate surface area is 210 Å². The fourth-order valence-electron chi connectivity index (χ4n) is 6.81. The van der Waals surface area contributed by atoms with Crippen LogP contribution in [0.5, 0.6) is 5.75 Å². The van der Waals surface area contributed by atoms with E-state index in [0.29, 0.717) is 28.8 Å². The van der Waals surface area contributed by atoms with Gasteiger partial charge in [-0.1, -0.05) is 19.1 Å². The Morgan fingerprint density at radius 1 is 0.972 bits per heavy atom. The molecule has 0 spiro atoms. The predicted octanol–water partition coefficient (Wildman–Crippen LogP) is 4.05. The Bertz CT molecular complexity index is 1240. The van der Waals surface area contributed by atoms with E-state index in [1.807, 2.05) is 31.2 Å². The van der Waals surface area contributed by atoms with Gasteiger partial charge in [0.25, 0.3) is 0 Å². The number of carbonyl (C=O) groups excluding carboxylic acids is 4. The number of aryl methyl sites for hydroxylation is 2. The Hall–Kier alpha value is -3.48. The first-order valence-corrected chi connectivity index (χ1v) is 12.9. The smallest absolute Gasteiger partial charge is 0.316 e. The van der Waals surface area contributed by atoms with Crippen molar-refractivity contribution < 1.29 is 23.9 Å². The standard InChI is InChI=1S/C29H30N2O5/c1-3-17-4-8-21(9-5-17)30-15-20(14-24(30)32)29(35)36-22-10-11-23(16(2)12-22)31-27(33)25-18-6-7-19(13-18)26(25)28(31)34/h4-5,8-12,18-20,25-26H,3,6-7,13-15H2,1-2H3/t18-,19-,20+,25-,26+/m0/s1. The van der Waals surface area contributed by atoms with Crippen LogP contribution in [0.1, 0.15) is 43.7 Å². The third-order valence-corrected chi connectivity index (χ3v) is 8.67. The van der Waals surface area contributed by atoms with Gasteiger partial charge in [0.15, 0.2) is 0 Å². The maximum atomic E-state index is 13.2. The molecule has 4 fully saturated rings. The van der Waals surface area contributed by atoms with Gasteiger partial charge in [0.2, 0.25) is 17.7 Å². The summed E-state index contributed by atoms with van der Waals surface area (Å²) in [6, 6.07) is 12.8. The molecule has 2 aliphatic heterocycles. The molecule has 2 aromatic carbocycles. The van der Waals surface area contributed by atoms with E-state index in [9.17, 15) is 19.2 Å². The molecule has 0 N–H and O–H groups in total. The molecular formula is C29H30N2O5. The first-order valence-electron chi connectivity index (χ1n) is 12.9. The highest BCUT2D eigenvalue weighted by Gasteiger charge is 2.61. The minimum Gasteiger partial charge on any atom is -0.426 e. The highest BCUT2D eigenvalue weighted by molar-refractivity contribution is 6.23. The molecule has 186 valence electrons. The lowest BCUT2D eigenvalue weighted by Crippen LogP contribution is -2.33. The normalized spacial score (nSPS) is 28.8. The third kappa shape index (κ3) is 3.55. The number of esters is 1. The lowest BCUT2D eigenvalue weighted by atomic mass is 9.81. The SMILES string of the molecule is CCc1ccc(N2C[C@H](C(=O)Oc3ccc(N4C(=O)[C@@H]5[C@H]6CC[C@@H](C6)[C@@H]5C4=O)c(C)c3)CC2=O)cc1. The van der Waals surface area contributed by atoms with Crippen molar-refractivity contribution >= 4 is 35.1 Å². The maximum absolute atomic E-state index is 13.2. The molecular weight excluding hydrogens is 456 g/mol. The largest absolute Gasteiger partial charge is 0.426 e. The second-order valence-corrected chi connectivity index (χ2v) is 10.7. The van der Waals surface area contributed by atoms with E-state index >= 15 is 0 Å². The van der Waals surface area contributed by atoms with Gasteiger partial charge in [-0.3, -0.25) is 19.2 Å². The molecule has 0 aromatic heterocycles. The number of imide groups is 1. The molecule has 5 atom stereocenters. The molecule has 2 heterocycles. The lowest BCUT2D eigenvalue weighted by Gasteiger charge is -2.20. The van der Waals surface area contributed by atoms with Crippen LogP contribution in [0.2, 0.25) is 0 Å². The van der Waals surface area contributed by atoms with E-state index in [2.05, 4.69) is 6.92 Å². The minimum atomic E-state index is -0.556. The fraction of sp³-hybridized carbons (Fsp3) is 0.448. The van der Waals surface area contributed by atoms with E-state index in [1.54, 1.807) is 23.1 Å². The molecule has 0 radical (unpaired) electrons. The van der Waals surface area contributed by atoms with Crippen molar-refractivity contribution in [1.29, 1.82) is 0 Å². The van der Waals surface area contributed by atoms with Gasteiger partial charge in [-0.15, -0.1) is 0 Å². The number of anilines is 2. The van der Waals surface area contributed by atoms with Crippen molar-refractivity contribution in [3.8, 4) is 5.75 Å². The number of hydrogen-bond acceptors (Lipinski definition) is 5. The number of ether oxygens (including phenoxy) is 1. The molecule has 4 aliphatic rings. The van der Waals surface area contributed by atoms with Crippen LogP contribution in [0.25, 0.3) is 0 Å². The van der Waals surface area contributed by atoms with Crippen molar-refractivity contribution in [2.75, 3.05) is 16.3 Å². The summed E-state index contributed by atoms with van der Waals surface area (Å²) in [5.74, 6) is -0.605. The molecule has 0 unspecified atom stereocenters. The van der Waals surface area contributed by atoms with Gasteiger partial charge in [0, 0.05) is 18.7 Å². The van der Waals surface area contributed by atoms with Crippen molar-refractivity contribution in [2.24, 2.45) is 29.6 Å². The molecule has 2 saturated heterocycles. The lowest BCUT2D eigenvalue weighted by molar-refractivity contribution is -0.139. The van der Waals surface area contributed by atoms with E-state index in [-0.39, 0.29) is 42.5 Å². The van der Waals surface area contributed by atoms with E-state index < -0.39 is 11.9 Å². The first-order chi connectivity index (χ1) is 17.4. The zero-order valence-corrected chi connectivity index (χ0v) is 20.6. The second kappa shape index (κ2) is 8.57. The van der Waals surface area contributed by atoms with Crippen LogP contribution in [-0.2, 0) is 25.6 Å². The van der Waals surface area contributed by atoms with Gasteiger partial charge in [-0.25, -0.2) is 4.90 Å². The molecule has 2 saturated carbocycles. The summed E-state index contributed by atoms with van der Waals surface area (Å²) in [4.78, 5) is 54.8. The second-order valence-electron chi connectivity index (χ2n) is 10.7. The van der Waals surface area contributed by atoms with Crippen LogP contribution in [0.3, 0.4) is 0 Å². The Balaban J connectivity index is 1.14. The fourth-order valence-corrected chi connectivity index (χ4v) is 6.81. The number of rotatable bonds is 5. The summed E-state index contributed by atoms with van der Waals surface area (Å²) < 4.78 is 5.63. The Morgan fingerprint density at radius 3 is 2.25 bits per heavy atom. The van der Waals surface area contributed by atoms with E-state index in [1.165, 1.54) is 10.5 Å². The topological polar surface area (TPSA) is 84.0 Å². The summed E-state index contributed by atoms with van der Waals surface area (Å²) in [5, 5.41) is 0. The van der Waals surface area contributed by atoms with Crippen molar-refractivity contribution in [2.45, 2.75) is 46.0 Å². The van der Waals surface area contributed by atoms with Crippen molar-refractivity contribution in [3.63, 3.8) is 0 Å². The summed E-state index contributed by atoms with van der Waals surface area (Å²) in [7, 11) is 0. The number of amides is 3. The van der Waals surface area contributed by atoms with Crippen molar-refractivity contribution in [3.05, 3.63) is 53.6 Å². The third-order valence-electron chi connectivity index (χ3n) is 8.67.